The maximum atomic E-state index is 2.71. The van der Waals surface area contributed by atoms with Crippen LogP contribution in [0, 0.1) is 0 Å². The third kappa shape index (κ3) is 8.88. The van der Waals surface area contributed by atoms with Gasteiger partial charge in [0.15, 0.2) is 0 Å². The Kier molecular flexibility index (Phi) is 12.3. The molecule has 0 saturated heterocycles. The maximum absolute atomic E-state index is 2.71. The van der Waals surface area contributed by atoms with Gasteiger partial charge >= 0.3 is 0 Å². The van der Waals surface area contributed by atoms with E-state index < -0.39 is 0 Å². The summed E-state index contributed by atoms with van der Waals surface area (Å²) in [5, 5.41) is 2.68. The van der Waals surface area contributed by atoms with Crippen LogP contribution in [0.25, 0.3) is 21.8 Å². The first kappa shape index (κ1) is 53.7. The molecule has 0 unspecified atom stereocenters. The lowest BCUT2D eigenvalue weighted by atomic mass is 9.33. The molecule has 3 aliphatic rings. The fourth-order valence-corrected chi connectivity index (χ4v) is 13.5. The molecule has 0 saturated carbocycles. The zero-order chi connectivity index (χ0) is 57.0. The van der Waals surface area contributed by atoms with E-state index in [2.05, 4.69) is 296 Å². The predicted octanol–water partition coefficient (Wildman–Crippen LogP) is 19.1. The maximum Gasteiger partial charge on any atom is 0.252 e. The Morgan fingerprint density at radius 2 is 0.863 bits per heavy atom. The normalized spacial score (nSPS) is 14.7. The summed E-state index contributed by atoms with van der Waals surface area (Å²) in [6.45, 7) is 42.0. The lowest BCUT2D eigenvalue weighted by molar-refractivity contribution is 0.422. The average molecular weight is 1050 g/mol. The van der Waals surface area contributed by atoms with E-state index >= 15 is 0 Å². The minimum atomic E-state index is -0.175. The van der Waals surface area contributed by atoms with Crippen LogP contribution in [-0.2, 0) is 45.5 Å². The van der Waals surface area contributed by atoms with Crippen molar-refractivity contribution in [3.05, 3.63) is 191 Å². The molecule has 0 bridgehead atoms. The second kappa shape index (κ2) is 18.3. The molecule has 408 valence electrons. The number of anilines is 9. The van der Waals surface area contributed by atoms with Crippen molar-refractivity contribution in [2.45, 2.75) is 177 Å². The fraction of sp³-hybridized carbons (Fsp3) is 0.360. The second-order valence-electron chi connectivity index (χ2n) is 29.9. The number of nitrogens with zero attached hydrogens (tertiary/aromatic N) is 4. The van der Waals surface area contributed by atoms with Gasteiger partial charge in [0.1, 0.15) is 0 Å². The van der Waals surface area contributed by atoms with Crippen LogP contribution in [0.4, 0.5) is 51.2 Å². The van der Waals surface area contributed by atoms with Gasteiger partial charge in [0.25, 0.3) is 6.71 Å². The van der Waals surface area contributed by atoms with Gasteiger partial charge < -0.3 is 19.3 Å². The molecule has 0 atom stereocenters. The summed E-state index contributed by atoms with van der Waals surface area (Å²) in [7, 11) is 0. The number of rotatable bonds is 5. The van der Waals surface area contributed by atoms with Gasteiger partial charge in [0.05, 0.1) is 22.4 Å². The molecule has 0 spiro atoms. The highest BCUT2D eigenvalue weighted by atomic mass is 15.2. The molecular weight excluding hydrogens is 968 g/mol. The molecule has 4 nitrogen and oxygen atoms in total. The van der Waals surface area contributed by atoms with Crippen molar-refractivity contribution in [1.82, 2.24) is 4.57 Å². The Labute approximate surface area is 479 Å². The lowest BCUT2D eigenvalue weighted by Gasteiger charge is -2.45. The van der Waals surface area contributed by atoms with Crippen LogP contribution in [0.3, 0.4) is 0 Å². The predicted molar refractivity (Wildman–Crippen MR) is 349 cm³/mol. The molecule has 12 rings (SSSR count). The van der Waals surface area contributed by atoms with Gasteiger partial charge in [-0.2, -0.15) is 0 Å². The van der Waals surface area contributed by atoms with Crippen molar-refractivity contribution in [2.24, 2.45) is 0 Å². The number of aryl methyl sites for hydroxylation is 2. The number of benzene rings is 8. The first-order valence-electron chi connectivity index (χ1n) is 29.8. The third-order valence-electron chi connectivity index (χ3n) is 17.9. The van der Waals surface area contributed by atoms with E-state index in [1.54, 1.807) is 0 Å². The van der Waals surface area contributed by atoms with E-state index in [1.165, 1.54) is 106 Å². The standard InChI is InChI=1S/C75H85BN4/c1-70(2,3)48-23-32-53(33-24-48)77(54-34-25-49(26-35-54)71(4,5)6)57-45-64-67-65(46-57)79(56-38-29-51(30-39-56)73(10,11)12)69-60(41-43-63-66(69)59-40-22-47-20-19-21-58(47)68(59)80(63)75(16,17)18)76(67)61-44-52(74(13,14)15)31-42-62(61)78(64)55-36-27-50(28-37-55)72(7,8)9/h22-46H,19-21H2,1-18H3. The SMILES string of the molecule is CC(C)(C)c1ccc(N(c2ccc(C(C)(C)C)cc2)c2cc3c4c(c2)N(c2ccc(C(C)(C)C)cc2)c2c(ccc5c2c2ccc6c(c2n5C(C)(C)C)CCC6)B4c2cc(C(C)(C)C)ccc2N3c2ccc(C(C)(C)C)cc2)cc1. The molecule has 8 aromatic carbocycles. The smallest absolute Gasteiger partial charge is 0.252 e. The van der Waals surface area contributed by atoms with Crippen molar-refractivity contribution in [3.8, 4) is 0 Å². The zero-order valence-corrected chi connectivity index (χ0v) is 51.4. The first-order valence-corrected chi connectivity index (χ1v) is 29.8. The summed E-state index contributed by atoms with van der Waals surface area (Å²) in [5.74, 6) is 0. The molecular formula is C75H85BN4. The highest BCUT2D eigenvalue weighted by molar-refractivity contribution is 7.00. The van der Waals surface area contributed by atoms with Gasteiger partial charge in [-0.05, 0) is 195 Å². The van der Waals surface area contributed by atoms with Crippen molar-refractivity contribution in [3.63, 3.8) is 0 Å². The van der Waals surface area contributed by atoms with Gasteiger partial charge in [-0.15, -0.1) is 0 Å². The Hall–Kier alpha value is -6.98. The zero-order valence-electron chi connectivity index (χ0n) is 51.4. The minimum Gasteiger partial charge on any atom is -0.335 e. The third-order valence-corrected chi connectivity index (χ3v) is 17.9. The van der Waals surface area contributed by atoms with Crippen LogP contribution < -0.4 is 31.1 Å². The van der Waals surface area contributed by atoms with Gasteiger partial charge in [0, 0.05) is 56.1 Å². The van der Waals surface area contributed by atoms with Crippen molar-refractivity contribution >= 4 is 96.1 Å². The van der Waals surface area contributed by atoms with Gasteiger partial charge in [-0.1, -0.05) is 183 Å². The summed E-state index contributed by atoms with van der Waals surface area (Å²) < 4.78 is 2.71. The minimum absolute atomic E-state index is 0.00393. The van der Waals surface area contributed by atoms with Crippen molar-refractivity contribution < 1.29 is 0 Å². The number of hydrogen-bond acceptors (Lipinski definition) is 3. The Morgan fingerprint density at radius 3 is 1.35 bits per heavy atom. The average Bonchev–Trinajstić information content (AvgIpc) is 4.17. The number of fused-ring (bicyclic) bond motifs is 10. The molecule has 0 radical (unpaired) electrons. The van der Waals surface area contributed by atoms with Gasteiger partial charge in [-0.3, -0.25) is 0 Å². The number of aromatic nitrogens is 1. The second-order valence-corrected chi connectivity index (χ2v) is 29.9. The monoisotopic (exact) mass is 1050 g/mol. The van der Waals surface area contributed by atoms with Crippen LogP contribution in [0.15, 0.2) is 152 Å². The molecule has 5 heteroatoms. The largest absolute Gasteiger partial charge is 0.335 e. The van der Waals surface area contributed by atoms with Gasteiger partial charge in [0.2, 0.25) is 0 Å². The van der Waals surface area contributed by atoms with Crippen LogP contribution in [0.5, 0.6) is 0 Å². The Bertz CT molecular complexity index is 3830. The topological polar surface area (TPSA) is 14.7 Å². The molecule has 0 amide bonds. The van der Waals surface area contributed by atoms with E-state index in [4.69, 9.17) is 0 Å². The van der Waals surface area contributed by atoms with E-state index in [0.29, 0.717) is 0 Å². The van der Waals surface area contributed by atoms with Crippen LogP contribution in [0.1, 0.15) is 170 Å². The summed E-state index contributed by atoms with van der Waals surface area (Å²) in [6, 6.07) is 60.3. The number of hydrogen-bond donors (Lipinski definition) is 0. The van der Waals surface area contributed by atoms with E-state index in [0.717, 1.165) is 41.3 Å². The quantitative estimate of drug-likeness (QED) is 0.160. The van der Waals surface area contributed by atoms with Gasteiger partial charge in [-0.25, -0.2) is 0 Å². The molecule has 1 aliphatic carbocycles. The molecule has 0 N–H and O–H groups in total. The Balaban J connectivity index is 1.26. The summed E-state index contributed by atoms with van der Waals surface area (Å²) in [6.07, 6.45) is 3.44. The molecule has 3 heterocycles. The summed E-state index contributed by atoms with van der Waals surface area (Å²) in [4.78, 5) is 7.83. The molecule has 0 fully saturated rings. The van der Waals surface area contributed by atoms with Crippen LogP contribution in [0.2, 0.25) is 0 Å². The molecule has 2 aliphatic heterocycles. The van der Waals surface area contributed by atoms with Crippen molar-refractivity contribution in [1.29, 1.82) is 0 Å². The Morgan fingerprint density at radius 1 is 0.400 bits per heavy atom. The summed E-state index contributed by atoms with van der Waals surface area (Å²) >= 11 is 0. The van der Waals surface area contributed by atoms with Crippen LogP contribution in [-0.4, -0.2) is 11.3 Å². The first-order chi connectivity index (χ1) is 37.5. The van der Waals surface area contributed by atoms with Crippen LogP contribution >= 0.6 is 0 Å². The van der Waals surface area contributed by atoms with E-state index in [1.807, 2.05) is 0 Å². The lowest BCUT2D eigenvalue weighted by Crippen LogP contribution is -2.61. The van der Waals surface area contributed by atoms with E-state index in [9.17, 15) is 0 Å². The fourth-order valence-electron chi connectivity index (χ4n) is 13.5. The summed E-state index contributed by atoms with van der Waals surface area (Å²) in [5.41, 5.74) is 26.7. The molecule has 9 aromatic rings. The highest BCUT2D eigenvalue weighted by Crippen LogP contribution is 2.52. The highest BCUT2D eigenvalue weighted by Gasteiger charge is 2.46. The molecule has 1 aromatic heterocycles. The molecule has 80 heavy (non-hydrogen) atoms. The van der Waals surface area contributed by atoms with Crippen molar-refractivity contribution in [2.75, 3.05) is 14.7 Å². The van der Waals surface area contributed by atoms with E-state index in [-0.39, 0.29) is 39.3 Å².